The average Bonchev–Trinajstić information content (AvgIpc) is 2.70. The molecule has 0 unspecified atom stereocenters. The highest BCUT2D eigenvalue weighted by molar-refractivity contribution is 6.60. The van der Waals surface area contributed by atoms with Gasteiger partial charge in [-0.05, 0) is 11.0 Å². The number of hydrogen-bond acceptors (Lipinski definition) is 3. The van der Waals surface area contributed by atoms with Crippen LogP contribution in [0, 0.1) is 0 Å². The van der Waals surface area contributed by atoms with Gasteiger partial charge in [-0.1, -0.05) is 24.3 Å². The summed E-state index contributed by atoms with van der Waals surface area (Å²) in [5.74, 6) is 0. The maximum absolute atomic E-state index is 9.13. The second kappa shape index (κ2) is 3.65. The van der Waals surface area contributed by atoms with Gasteiger partial charge in [0.15, 0.2) is 0 Å². The molecule has 1 aromatic heterocycles. The van der Waals surface area contributed by atoms with E-state index >= 15 is 0 Å². The monoisotopic (exact) mass is 188 g/mol. The average molecular weight is 188 g/mol. The molecule has 70 valence electrons. The lowest BCUT2D eigenvalue weighted by Gasteiger charge is -2.05. The third-order valence-corrected chi connectivity index (χ3v) is 2.05. The van der Waals surface area contributed by atoms with Gasteiger partial charge >= 0.3 is 7.12 Å². The first-order valence-electron chi connectivity index (χ1n) is 4.23. The number of hydrogen-bond donors (Lipinski definition) is 3. The number of aromatic amines is 1. The summed E-state index contributed by atoms with van der Waals surface area (Å²) in [5.41, 5.74) is 2.10. The molecule has 2 rings (SSSR count). The van der Waals surface area contributed by atoms with Crippen molar-refractivity contribution in [3.8, 4) is 11.1 Å². The number of aromatic nitrogens is 2. The summed E-state index contributed by atoms with van der Waals surface area (Å²) in [6.45, 7) is 0. The van der Waals surface area contributed by atoms with Crippen molar-refractivity contribution in [3.63, 3.8) is 0 Å². The maximum Gasteiger partial charge on any atom is 0.489 e. The van der Waals surface area contributed by atoms with Gasteiger partial charge in [0.25, 0.3) is 0 Å². The van der Waals surface area contributed by atoms with Gasteiger partial charge in [0.1, 0.15) is 0 Å². The van der Waals surface area contributed by atoms with Crippen molar-refractivity contribution in [2.75, 3.05) is 0 Å². The Balaban J connectivity index is 2.53. The molecule has 0 amide bonds. The van der Waals surface area contributed by atoms with Gasteiger partial charge in [0, 0.05) is 11.8 Å². The van der Waals surface area contributed by atoms with E-state index in [2.05, 4.69) is 10.2 Å². The summed E-state index contributed by atoms with van der Waals surface area (Å²) >= 11 is 0. The van der Waals surface area contributed by atoms with Crippen LogP contribution < -0.4 is 5.46 Å². The number of nitrogens with zero attached hydrogens (tertiary/aromatic N) is 1. The first kappa shape index (κ1) is 8.99. The molecule has 0 saturated carbocycles. The highest BCUT2D eigenvalue weighted by Gasteiger charge is 2.16. The number of rotatable bonds is 2. The molecular formula is C9H9BN2O2. The van der Waals surface area contributed by atoms with E-state index in [4.69, 9.17) is 10.0 Å². The summed E-state index contributed by atoms with van der Waals surface area (Å²) in [6.07, 6.45) is 3.35. The normalized spacial score (nSPS) is 10.1. The molecule has 1 heterocycles. The van der Waals surface area contributed by atoms with Crippen molar-refractivity contribution < 1.29 is 10.0 Å². The molecule has 0 atom stereocenters. The Bertz CT molecular complexity index is 415. The van der Waals surface area contributed by atoms with E-state index in [0.717, 1.165) is 11.1 Å². The fraction of sp³-hybridized carbons (Fsp3) is 0. The van der Waals surface area contributed by atoms with Crippen LogP contribution >= 0.6 is 0 Å². The fourth-order valence-electron chi connectivity index (χ4n) is 1.38. The van der Waals surface area contributed by atoms with Gasteiger partial charge in [-0.25, -0.2) is 0 Å². The van der Waals surface area contributed by atoms with Crippen LogP contribution in [0.2, 0.25) is 0 Å². The Morgan fingerprint density at radius 2 is 2.00 bits per heavy atom. The van der Waals surface area contributed by atoms with Crippen molar-refractivity contribution in [2.24, 2.45) is 0 Å². The second-order valence-electron chi connectivity index (χ2n) is 2.95. The second-order valence-corrected chi connectivity index (χ2v) is 2.95. The maximum atomic E-state index is 9.13. The molecule has 0 aliphatic rings. The molecule has 0 aliphatic heterocycles. The Morgan fingerprint density at radius 3 is 2.64 bits per heavy atom. The molecule has 0 fully saturated rings. The highest BCUT2D eigenvalue weighted by Crippen LogP contribution is 2.14. The zero-order valence-electron chi connectivity index (χ0n) is 7.38. The minimum absolute atomic E-state index is 0.480. The van der Waals surface area contributed by atoms with Crippen LogP contribution in [0.1, 0.15) is 0 Å². The van der Waals surface area contributed by atoms with Gasteiger partial charge in [-0.15, -0.1) is 0 Å². The lowest BCUT2D eigenvalue weighted by Crippen LogP contribution is -2.31. The van der Waals surface area contributed by atoms with Crippen LogP contribution in [0.15, 0.2) is 36.7 Å². The summed E-state index contributed by atoms with van der Waals surface area (Å²) < 4.78 is 0. The molecule has 0 spiro atoms. The summed E-state index contributed by atoms with van der Waals surface area (Å²) in [7, 11) is -1.46. The fourth-order valence-corrected chi connectivity index (χ4v) is 1.38. The van der Waals surface area contributed by atoms with Gasteiger partial charge in [0.05, 0.1) is 6.20 Å². The van der Waals surface area contributed by atoms with Crippen molar-refractivity contribution in [1.82, 2.24) is 10.2 Å². The van der Waals surface area contributed by atoms with Gasteiger partial charge in [-0.3, -0.25) is 5.10 Å². The lowest BCUT2D eigenvalue weighted by molar-refractivity contribution is 0.426. The van der Waals surface area contributed by atoms with Gasteiger partial charge in [-0.2, -0.15) is 5.10 Å². The van der Waals surface area contributed by atoms with Gasteiger partial charge in [0.2, 0.25) is 0 Å². The van der Waals surface area contributed by atoms with Gasteiger partial charge < -0.3 is 10.0 Å². The molecule has 4 nitrogen and oxygen atoms in total. The third-order valence-electron chi connectivity index (χ3n) is 2.05. The molecule has 5 heteroatoms. The van der Waals surface area contributed by atoms with E-state index in [1.807, 2.05) is 12.1 Å². The van der Waals surface area contributed by atoms with Crippen molar-refractivity contribution >= 4 is 12.6 Å². The third kappa shape index (κ3) is 1.55. The van der Waals surface area contributed by atoms with Crippen LogP contribution in [-0.4, -0.2) is 27.4 Å². The predicted molar refractivity (Wildman–Crippen MR) is 53.8 cm³/mol. The standard InChI is InChI=1S/C9H9BN2O2/c13-10(14)9-4-2-1-3-8(9)7-5-11-12-6-7/h1-6,13-14H,(H,11,12). The Morgan fingerprint density at radius 1 is 1.21 bits per heavy atom. The molecule has 14 heavy (non-hydrogen) atoms. The van der Waals surface area contributed by atoms with Crippen LogP contribution in [0.4, 0.5) is 0 Å². The predicted octanol–water partition coefficient (Wildman–Crippen LogP) is -0.244. The van der Waals surface area contributed by atoms with Crippen molar-refractivity contribution in [3.05, 3.63) is 36.7 Å². The Kier molecular flexibility index (Phi) is 2.34. The number of H-pyrrole nitrogens is 1. The van der Waals surface area contributed by atoms with E-state index in [0.29, 0.717) is 5.46 Å². The van der Waals surface area contributed by atoms with E-state index < -0.39 is 7.12 Å². The van der Waals surface area contributed by atoms with Crippen LogP contribution in [0.3, 0.4) is 0 Å². The van der Waals surface area contributed by atoms with Crippen molar-refractivity contribution in [2.45, 2.75) is 0 Å². The van der Waals surface area contributed by atoms with Crippen LogP contribution in [0.5, 0.6) is 0 Å². The first-order chi connectivity index (χ1) is 6.79. The zero-order chi connectivity index (χ0) is 9.97. The largest absolute Gasteiger partial charge is 0.489 e. The molecule has 1 aromatic carbocycles. The summed E-state index contributed by atoms with van der Waals surface area (Å²) in [6, 6.07) is 7.10. The molecular weight excluding hydrogens is 179 g/mol. The van der Waals surface area contributed by atoms with E-state index in [1.165, 1.54) is 0 Å². The smallest absolute Gasteiger partial charge is 0.423 e. The summed E-state index contributed by atoms with van der Waals surface area (Å²) in [4.78, 5) is 0. The SMILES string of the molecule is OB(O)c1ccccc1-c1cn[nH]c1. The van der Waals surface area contributed by atoms with Crippen molar-refractivity contribution in [1.29, 1.82) is 0 Å². The molecule has 0 aliphatic carbocycles. The van der Waals surface area contributed by atoms with Crippen LogP contribution in [0.25, 0.3) is 11.1 Å². The highest BCUT2D eigenvalue weighted by atomic mass is 16.4. The van der Waals surface area contributed by atoms with E-state index in [-0.39, 0.29) is 0 Å². The zero-order valence-corrected chi connectivity index (χ0v) is 7.38. The number of nitrogens with one attached hydrogen (secondary N) is 1. The van der Waals surface area contributed by atoms with E-state index in [9.17, 15) is 0 Å². The Hall–Kier alpha value is -1.59. The molecule has 3 N–H and O–H groups in total. The topological polar surface area (TPSA) is 69.1 Å². The molecule has 0 bridgehead atoms. The molecule has 0 radical (unpaired) electrons. The first-order valence-corrected chi connectivity index (χ1v) is 4.23. The summed E-state index contributed by atoms with van der Waals surface area (Å²) in [5, 5.41) is 24.7. The molecule has 0 saturated heterocycles. The Labute approximate surface area is 81.4 Å². The molecule has 2 aromatic rings. The lowest BCUT2D eigenvalue weighted by atomic mass is 9.76. The van der Waals surface area contributed by atoms with E-state index in [1.54, 1.807) is 24.5 Å². The minimum Gasteiger partial charge on any atom is -0.423 e. The minimum atomic E-state index is -1.46. The quantitative estimate of drug-likeness (QED) is 0.569. The van der Waals surface area contributed by atoms with Crippen LogP contribution in [-0.2, 0) is 0 Å². The number of benzene rings is 1.